The van der Waals surface area contributed by atoms with Crippen molar-refractivity contribution < 1.29 is 0 Å². The lowest BCUT2D eigenvalue weighted by atomic mass is 9.97. The number of hydrogen-bond acceptors (Lipinski definition) is 2. The van der Waals surface area contributed by atoms with Crippen molar-refractivity contribution in [1.29, 1.82) is 0 Å². The summed E-state index contributed by atoms with van der Waals surface area (Å²) >= 11 is 0. The van der Waals surface area contributed by atoms with Crippen LogP contribution in [-0.2, 0) is 13.6 Å². The Hall–Kier alpha value is -1.52. The van der Waals surface area contributed by atoms with Crippen molar-refractivity contribution in [2.45, 2.75) is 47.1 Å². The van der Waals surface area contributed by atoms with Crippen LogP contribution in [0.3, 0.4) is 0 Å². The SMILES string of the molecule is CN=C(NCc1c(C)nn(C)c1C)N1CCC(CC(C)C)C1. The van der Waals surface area contributed by atoms with Crippen LogP contribution in [0.1, 0.15) is 43.6 Å². The van der Waals surface area contributed by atoms with E-state index in [1.54, 1.807) is 0 Å². The van der Waals surface area contributed by atoms with Gasteiger partial charge in [-0.05, 0) is 38.5 Å². The minimum Gasteiger partial charge on any atom is -0.352 e. The minimum absolute atomic E-state index is 0.778. The third-order valence-electron chi connectivity index (χ3n) is 4.68. The molecular weight excluding hydrogens is 274 g/mol. The molecule has 0 aromatic carbocycles. The molecule has 0 aliphatic carbocycles. The van der Waals surface area contributed by atoms with E-state index in [1.165, 1.54) is 24.1 Å². The monoisotopic (exact) mass is 305 g/mol. The molecule has 0 bridgehead atoms. The molecule has 5 heteroatoms. The summed E-state index contributed by atoms with van der Waals surface area (Å²) in [5.41, 5.74) is 3.60. The Morgan fingerprint density at radius 3 is 2.68 bits per heavy atom. The highest BCUT2D eigenvalue weighted by atomic mass is 15.3. The van der Waals surface area contributed by atoms with Gasteiger partial charge in [0.2, 0.25) is 0 Å². The Kier molecular flexibility index (Phi) is 5.48. The van der Waals surface area contributed by atoms with Crippen molar-refractivity contribution in [3.63, 3.8) is 0 Å². The van der Waals surface area contributed by atoms with Crippen LogP contribution in [0.4, 0.5) is 0 Å². The van der Waals surface area contributed by atoms with Gasteiger partial charge in [-0.15, -0.1) is 0 Å². The molecule has 1 aliphatic heterocycles. The molecule has 124 valence electrons. The lowest BCUT2D eigenvalue weighted by Crippen LogP contribution is -2.39. The zero-order chi connectivity index (χ0) is 16.3. The van der Waals surface area contributed by atoms with E-state index in [0.717, 1.165) is 43.1 Å². The molecule has 0 amide bonds. The van der Waals surface area contributed by atoms with Crippen LogP contribution in [0.15, 0.2) is 4.99 Å². The Bertz CT molecular complexity index is 529. The van der Waals surface area contributed by atoms with Crippen LogP contribution in [0.2, 0.25) is 0 Å². The second-order valence-corrected chi connectivity index (χ2v) is 6.90. The molecule has 22 heavy (non-hydrogen) atoms. The maximum Gasteiger partial charge on any atom is 0.193 e. The standard InChI is InChI=1S/C17H31N5/c1-12(2)9-15-7-8-22(11-15)17(18-5)19-10-16-13(3)20-21(6)14(16)4/h12,15H,7-11H2,1-6H3,(H,18,19). The molecule has 0 radical (unpaired) electrons. The molecule has 1 aliphatic rings. The predicted molar refractivity (Wildman–Crippen MR) is 92.0 cm³/mol. The van der Waals surface area contributed by atoms with Crippen molar-refractivity contribution in [2.24, 2.45) is 23.9 Å². The summed E-state index contributed by atoms with van der Waals surface area (Å²) in [6.45, 7) is 11.8. The van der Waals surface area contributed by atoms with E-state index in [2.05, 4.69) is 48.0 Å². The molecule has 1 N–H and O–H groups in total. The largest absolute Gasteiger partial charge is 0.352 e. The van der Waals surface area contributed by atoms with Crippen molar-refractivity contribution >= 4 is 5.96 Å². The van der Waals surface area contributed by atoms with Crippen LogP contribution in [-0.4, -0.2) is 40.8 Å². The van der Waals surface area contributed by atoms with Crippen molar-refractivity contribution in [3.8, 4) is 0 Å². The highest BCUT2D eigenvalue weighted by Crippen LogP contribution is 2.23. The van der Waals surface area contributed by atoms with Gasteiger partial charge >= 0.3 is 0 Å². The van der Waals surface area contributed by atoms with E-state index >= 15 is 0 Å². The average molecular weight is 305 g/mol. The van der Waals surface area contributed by atoms with Crippen LogP contribution >= 0.6 is 0 Å². The molecule has 0 spiro atoms. The Morgan fingerprint density at radius 2 is 2.14 bits per heavy atom. The second-order valence-electron chi connectivity index (χ2n) is 6.90. The van der Waals surface area contributed by atoms with Crippen molar-refractivity contribution in [2.75, 3.05) is 20.1 Å². The van der Waals surface area contributed by atoms with Crippen LogP contribution in [0, 0.1) is 25.7 Å². The fourth-order valence-corrected chi connectivity index (χ4v) is 3.46. The first kappa shape index (κ1) is 16.8. The highest BCUT2D eigenvalue weighted by Gasteiger charge is 2.25. The van der Waals surface area contributed by atoms with Crippen LogP contribution < -0.4 is 5.32 Å². The van der Waals surface area contributed by atoms with E-state index in [4.69, 9.17) is 0 Å². The molecule has 1 aromatic heterocycles. The number of rotatable bonds is 4. The number of aryl methyl sites for hydroxylation is 2. The molecule has 1 saturated heterocycles. The van der Waals surface area contributed by atoms with E-state index in [-0.39, 0.29) is 0 Å². The first-order chi connectivity index (χ1) is 10.4. The molecule has 0 saturated carbocycles. The van der Waals surface area contributed by atoms with E-state index in [1.807, 2.05) is 18.8 Å². The first-order valence-corrected chi connectivity index (χ1v) is 8.37. The number of likely N-dealkylation sites (tertiary alicyclic amines) is 1. The van der Waals surface area contributed by atoms with E-state index in [9.17, 15) is 0 Å². The number of nitrogens with one attached hydrogen (secondary N) is 1. The van der Waals surface area contributed by atoms with Crippen molar-refractivity contribution in [3.05, 3.63) is 17.0 Å². The summed E-state index contributed by atoms with van der Waals surface area (Å²) in [5.74, 6) is 2.61. The summed E-state index contributed by atoms with van der Waals surface area (Å²) in [5, 5.41) is 8.00. The number of aromatic nitrogens is 2. The Balaban J connectivity index is 1.94. The molecule has 1 atom stereocenters. The molecule has 1 unspecified atom stereocenters. The maximum absolute atomic E-state index is 4.48. The first-order valence-electron chi connectivity index (χ1n) is 8.37. The maximum atomic E-state index is 4.48. The topological polar surface area (TPSA) is 45.5 Å². The van der Waals surface area contributed by atoms with Crippen molar-refractivity contribution in [1.82, 2.24) is 20.0 Å². The number of aliphatic imine (C=N–C) groups is 1. The number of nitrogens with zero attached hydrogens (tertiary/aromatic N) is 4. The second kappa shape index (κ2) is 7.16. The average Bonchev–Trinajstić information content (AvgIpc) is 2.98. The van der Waals surface area contributed by atoms with Crippen LogP contribution in [0.5, 0.6) is 0 Å². The third kappa shape index (κ3) is 3.81. The molecule has 2 heterocycles. The zero-order valence-corrected chi connectivity index (χ0v) is 15.0. The van der Waals surface area contributed by atoms with Gasteiger partial charge in [0.15, 0.2) is 5.96 Å². The van der Waals surface area contributed by atoms with Gasteiger partial charge in [0.1, 0.15) is 0 Å². The van der Waals surface area contributed by atoms with Gasteiger partial charge in [0, 0.05) is 45.0 Å². The van der Waals surface area contributed by atoms with E-state index < -0.39 is 0 Å². The molecular formula is C17H31N5. The molecule has 1 aromatic rings. The summed E-state index contributed by atoms with van der Waals surface area (Å²) in [4.78, 5) is 6.87. The lowest BCUT2D eigenvalue weighted by molar-refractivity contribution is 0.403. The Morgan fingerprint density at radius 1 is 1.41 bits per heavy atom. The molecule has 1 fully saturated rings. The van der Waals surface area contributed by atoms with Gasteiger partial charge in [-0.3, -0.25) is 9.67 Å². The summed E-state index contributed by atoms with van der Waals surface area (Å²) in [7, 11) is 3.87. The van der Waals surface area contributed by atoms with Gasteiger partial charge in [-0.2, -0.15) is 5.10 Å². The molecule has 2 rings (SSSR count). The van der Waals surface area contributed by atoms with Gasteiger partial charge < -0.3 is 10.2 Å². The van der Waals surface area contributed by atoms with Gasteiger partial charge in [-0.1, -0.05) is 13.8 Å². The summed E-state index contributed by atoms with van der Waals surface area (Å²) < 4.78 is 1.95. The zero-order valence-electron chi connectivity index (χ0n) is 15.0. The lowest BCUT2D eigenvalue weighted by Gasteiger charge is -2.22. The fraction of sp³-hybridized carbons (Fsp3) is 0.765. The van der Waals surface area contributed by atoms with E-state index in [0.29, 0.717) is 0 Å². The van der Waals surface area contributed by atoms with Gasteiger partial charge in [0.05, 0.1) is 5.69 Å². The van der Waals surface area contributed by atoms with Crippen LogP contribution in [0.25, 0.3) is 0 Å². The number of hydrogen-bond donors (Lipinski definition) is 1. The normalized spacial score (nSPS) is 19.3. The number of guanidine groups is 1. The third-order valence-corrected chi connectivity index (χ3v) is 4.68. The minimum atomic E-state index is 0.778. The highest BCUT2D eigenvalue weighted by molar-refractivity contribution is 5.80. The van der Waals surface area contributed by atoms with Gasteiger partial charge in [0.25, 0.3) is 0 Å². The Labute approximate surface area is 134 Å². The quantitative estimate of drug-likeness (QED) is 0.686. The summed E-state index contributed by atoms with van der Waals surface area (Å²) in [6, 6.07) is 0. The summed E-state index contributed by atoms with van der Waals surface area (Å²) in [6.07, 6.45) is 2.60. The molecule has 5 nitrogen and oxygen atoms in total. The van der Waals surface area contributed by atoms with Gasteiger partial charge in [-0.25, -0.2) is 0 Å². The fourth-order valence-electron chi connectivity index (χ4n) is 3.46. The predicted octanol–water partition coefficient (Wildman–Crippen LogP) is 2.48. The smallest absolute Gasteiger partial charge is 0.193 e.